The molecule has 0 radical (unpaired) electrons. The highest BCUT2D eigenvalue weighted by Gasteiger charge is 2.37. The number of ketones is 1. The highest BCUT2D eigenvalue weighted by molar-refractivity contribution is 5.89. The Bertz CT molecular complexity index is 429. The van der Waals surface area contributed by atoms with Gasteiger partial charge in [-0.25, -0.2) is 0 Å². The topological polar surface area (TPSA) is 37.3 Å². The van der Waals surface area contributed by atoms with E-state index in [1.165, 1.54) is 11.1 Å². The van der Waals surface area contributed by atoms with Gasteiger partial charge in [0.05, 0.1) is 0 Å². The Balaban J connectivity index is 2.10. The third-order valence-electron chi connectivity index (χ3n) is 3.89. The Morgan fingerprint density at radius 3 is 2.47 bits per heavy atom. The molecule has 0 heterocycles. The number of hydrogen-bond acceptors (Lipinski definition) is 2. The molecular weight excluding hydrogens is 212 g/mol. The minimum atomic E-state index is -1.04. The second kappa shape index (κ2) is 4.61. The summed E-state index contributed by atoms with van der Waals surface area (Å²) in [6.45, 7) is 4.11. The van der Waals surface area contributed by atoms with E-state index in [4.69, 9.17) is 0 Å². The molecule has 0 spiro atoms. The van der Waals surface area contributed by atoms with Crippen LogP contribution in [0, 0.1) is 13.8 Å². The first-order chi connectivity index (χ1) is 8.01. The van der Waals surface area contributed by atoms with E-state index in [0.29, 0.717) is 19.3 Å². The van der Waals surface area contributed by atoms with Gasteiger partial charge in [-0.3, -0.25) is 4.79 Å². The molecule has 1 aliphatic carbocycles. The molecular formula is C15H20O2. The van der Waals surface area contributed by atoms with Crippen LogP contribution in [-0.4, -0.2) is 16.5 Å². The van der Waals surface area contributed by atoms with Crippen molar-refractivity contribution in [2.45, 2.75) is 51.6 Å². The minimum Gasteiger partial charge on any atom is -0.382 e. The van der Waals surface area contributed by atoms with Gasteiger partial charge in [0, 0.05) is 6.42 Å². The summed E-state index contributed by atoms with van der Waals surface area (Å²) in [5, 5.41) is 10.2. The van der Waals surface area contributed by atoms with Crippen LogP contribution in [0.1, 0.15) is 42.4 Å². The zero-order chi connectivity index (χ0) is 12.5. The van der Waals surface area contributed by atoms with Crippen molar-refractivity contribution in [3.05, 3.63) is 34.9 Å². The van der Waals surface area contributed by atoms with Gasteiger partial charge in [0.1, 0.15) is 5.60 Å². The molecule has 17 heavy (non-hydrogen) atoms. The second-order valence-electron chi connectivity index (χ2n) is 5.26. The normalized spacial score (nSPS) is 18.3. The van der Waals surface area contributed by atoms with Crippen LogP contribution >= 0.6 is 0 Å². The highest BCUT2D eigenvalue weighted by atomic mass is 16.3. The van der Waals surface area contributed by atoms with Gasteiger partial charge in [0.2, 0.25) is 0 Å². The fourth-order valence-corrected chi connectivity index (χ4v) is 2.50. The van der Waals surface area contributed by atoms with Gasteiger partial charge in [0.25, 0.3) is 0 Å². The van der Waals surface area contributed by atoms with E-state index in [2.05, 4.69) is 6.92 Å². The molecule has 0 aromatic heterocycles. The number of carbonyl (C=O) groups is 1. The smallest absolute Gasteiger partial charge is 0.168 e. The van der Waals surface area contributed by atoms with Crippen molar-refractivity contribution < 1.29 is 9.90 Å². The van der Waals surface area contributed by atoms with Crippen LogP contribution < -0.4 is 0 Å². The van der Waals surface area contributed by atoms with E-state index in [-0.39, 0.29) is 5.78 Å². The maximum Gasteiger partial charge on any atom is 0.168 e. The highest BCUT2D eigenvalue weighted by Crippen LogP contribution is 2.31. The summed E-state index contributed by atoms with van der Waals surface area (Å²) in [5.74, 6) is -0.0155. The fraction of sp³-hybridized carbons (Fsp3) is 0.533. The first-order valence-corrected chi connectivity index (χ1v) is 6.33. The molecule has 2 heteroatoms. The van der Waals surface area contributed by atoms with Gasteiger partial charge in [-0.15, -0.1) is 0 Å². The predicted molar refractivity (Wildman–Crippen MR) is 68.0 cm³/mol. The van der Waals surface area contributed by atoms with Crippen LogP contribution in [0.15, 0.2) is 18.2 Å². The Morgan fingerprint density at radius 2 is 1.88 bits per heavy atom. The first kappa shape index (κ1) is 12.3. The van der Waals surface area contributed by atoms with E-state index in [9.17, 15) is 9.90 Å². The maximum atomic E-state index is 12.1. The first-order valence-electron chi connectivity index (χ1n) is 6.33. The van der Waals surface area contributed by atoms with Crippen LogP contribution in [0.3, 0.4) is 0 Å². The SMILES string of the molecule is Cc1ccc(CC(=O)C2(O)CCCC2)cc1C. The van der Waals surface area contributed by atoms with Gasteiger partial charge >= 0.3 is 0 Å². The second-order valence-corrected chi connectivity index (χ2v) is 5.26. The maximum absolute atomic E-state index is 12.1. The van der Waals surface area contributed by atoms with Crippen molar-refractivity contribution in [3.63, 3.8) is 0 Å². The lowest BCUT2D eigenvalue weighted by Gasteiger charge is -2.20. The largest absolute Gasteiger partial charge is 0.382 e. The van der Waals surface area contributed by atoms with Crippen molar-refractivity contribution in [1.82, 2.24) is 0 Å². The summed E-state index contributed by atoms with van der Waals surface area (Å²) in [7, 11) is 0. The summed E-state index contributed by atoms with van der Waals surface area (Å²) in [6.07, 6.45) is 3.56. The zero-order valence-corrected chi connectivity index (χ0v) is 10.6. The van der Waals surface area contributed by atoms with Crippen LogP contribution in [0.2, 0.25) is 0 Å². The van der Waals surface area contributed by atoms with Crippen LogP contribution in [-0.2, 0) is 11.2 Å². The molecule has 1 saturated carbocycles. The number of aliphatic hydroxyl groups is 1. The summed E-state index contributed by atoms with van der Waals surface area (Å²) < 4.78 is 0. The average molecular weight is 232 g/mol. The third-order valence-corrected chi connectivity index (χ3v) is 3.89. The molecule has 0 aliphatic heterocycles. The molecule has 0 amide bonds. The number of aryl methyl sites for hydroxylation is 2. The molecule has 2 rings (SSSR count). The number of carbonyl (C=O) groups excluding carboxylic acids is 1. The van der Waals surface area contributed by atoms with Crippen LogP contribution in [0.25, 0.3) is 0 Å². The Labute approximate surface area is 103 Å². The number of benzene rings is 1. The summed E-state index contributed by atoms with van der Waals surface area (Å²) in [5.41, 5.74) is 2.41. The Kier molecular flexibility index (Phi) is 3.34. The Morgan fingerprint density at radius 1 is 1.24 bits per heavy atom. The summed E-state index contributed by atoms with van der Waals surface area (Å²) in [6, 6.07) is 6.07. The van der Waals surface area contributed by atoms with Gasteiger partial charge < -0.3 is 5.11 Å². The molecule has 0 atom stereocenters. The lowest BCUT2D eigenvalue weighted by molar-refractivity contribution is -0.136. The van der Waals surface area contributed by atoms with E-state index < -0.39 is 5.60 Å². The molecule has 0 saturated heterocycles. The Hall–Kier alpha value is -1.15. The van der Waals surface area contributed by atoms with Gasteiger partial charge in [0.15, 0.2) is 5.78 Å². The van der Waals surface area contributed by atoms with Crippen molar-refractivity contribution in [1.29, 1.82) is 0 Å². The van der Waals surface area contributed by atoms with E-state index in [1.807, 2.05) is 25.1 Å². The quantitative estimate of drug-likeness (QED) is 0.870. The minimum absolute atomic E-state index is 0.0155. The summed E-state index contributed by atoms with van der Waals surface area (Å²) >= 11 is 0. The van der Waals surface area contributed by atoms with Crippen molar-refractivity contribution >= 4 is 5.78 Å². The number of Topliss-reactive ketones (excluding diaryl/α,β-unsaturated/α-hetero) is 1. The molecule has 1 fully saturated rings. The molecule has 0 unspecified atom stereocenters. The van der Waals surface area contributed by atoms with Crippen molar-refractivity contribution in [2.75, 3.05) is 0 Å². The molecule has 1 aromatic carbocycles. The molecule has 2 nitrogen and oxygen atoms in total. The van der Waals surface area contributed by atoms with E-state index >= 15 is 0 Å². The lowest BCUT2D eigenvalue weighted by Crippen LogP contribution is -2.36. The lowest BCUT2D eigenvalue weighted by atomic mass is 9.91. The molecule has 0 bridgehead atoms. The van der Waals surface area contributed by atoms with Crippen molar-refractivity contribution in [3.8, 4) is 0 Å². The predicted octanol–water partition coefficient (Wildman–Crippen LogP) is 2.72. The monoisotopic (exact) mass is 232 g/mol. The van der Waals surface area contributed by atoms with Gasteiger partial charge in [-0.2, -0.15) is 0 Å². The standard InChI is InChI=1S/C15H20O2/c1-11-5-6-13(9-12(11)2)10-14(16)15(17)7-3-4-8-15/h5-6,9,17H,3-4,7-8,10H2,1-2H3. The molecule has 1 N–H and O–H groups in total. The van der Waals surface area contributed by atoms with Crippen molar-refractivity contribution in [2.24, 2.45) is 0 Å². The van der Waals surface area contributed by atoms with E-state index in [0.717, 1.165) is 18.4 Å². The average Bonchev–Trinajstić information content (AvgIpc) is 2.72. The van der Waals surface area contributed by atoms with Crippen LogP contribution in [0.5, 0.6) is 0 Å². The third kappa shape index (κ3) is 2.58. The fourth-order valence-electron chi connectivity index (χ4n) is 2.50. The van der Waals surface area contributed by atoms with Gasteiger partial charge in [-0.05, 0) is 56.2 Å². The summed E-state index contributed by atoms with van der Waals surface area (Å²) in [4.78, 5) is 12.1. The van der Waals surface area contributed by atoms with E-state index in [1.54, 1.807) is 0 Å². The number of hydrogen-bond donors (Lipinski definition) is 1. The zero-order valence-electron chi connectivity index (χ0n) is 10.6. The number of rotatable bonds is 3. The van der Waals surface area contributed by atoms with Crippen LogP contribution in [0.4, 0.5) is 0 Å². The molecule has 92 valence electrons. The molecule has 1 aromatic rings. The van der Waals surface area contributed by atoms with Gasteiger partial charge in [-0.1, -0.05) is 18.2 Å². The molecule has 1 aliphatic rings.